The van der Waals surface area contributed by atoms with Crippen LogP contribution in [0.3, 0.4) is 0 Å². The number of aromatic nitrogens is 2. The van der Waals surface area contributed by atoms with Gasteiger partial charge in [-0.05, 0) is 0 Å². The Hall–Kier alpha value is -1.63. The third-order valence-corrected chi connectivity index (χ3v) is 0.971. The van der Waals surface area contributed by atoms with Crippen LogP contribution in [0.25, 0.3) is 4.85 Å². The Labute approximate surface area is 58.3 Å². The third-order valence-electron chi connectivity index (χ3n) is 0.971. The second-order valence-electron chi connectivity index (χ2n) is 1.53. The number of rotatable bonds is 1. The van der Waals surface area contributed by atoms with Crippen LogP contribution in [0.1, 0.15) is 0 Å². The number of methoxy groups -OCH3 is 1. The van der Waals surface area contributed by atoms with E-state index in [2.05, 4.69) is 14.8 Å². The molecule has 0 spiro atoms. The van der Waals surface area contributed by atoms with Crippen molar-refractivity contribution < 1.29 is 4.74 Å². The van der Waals surface area contributed by atoms with Gasteiger partial charge in [0.05, 0.1) is 13.7 Å². The molecule has 0 bridgehead atoms. The lowest BCUT2D eigenvalue weighted by Crippen LogP contribution is -1.86. The van der Waals surface area contributed by atoms with Crippen molar-refractivity contribution >= 4 is 5.69 Å². The fourth-order valence-corrected chi connectivity index (χ4v) is 0.545. The van der Waals surface area contributed by atoms with E-state index in [-0.39, 0.29) is 0 Å². The minimum Gasteiger partial charge on any atom is -0.490 e. The van der Waals surface area contributed by atoms with Crippen LogP contribution in [0.2, 0.25) is 0 Å². The van der Waals surface area contributed by atoms with Crippen LogP contribution in [0.5, 0.6) is 5.88 Å². The smallest absolute Gasteiger partial charge is 0.264 e. The fraction of sp³-hybridized carbons (Fsp3) is 0.167. The molecule has 1 aromatic heterocycles. The summed E-state index contributed by atoms with van der Waals surface area (Å²) in [5, 5.41) is 0. The molecule has 1 aromatic rings. The van der Waals surface area contributed by atoms with Gasteiger partial charge in [-0.15, -0.1) is 0 Å². The molecule has 50 valence electrons. The maximum atomic E-state index is 6.65. The van der Waals surface area contributed by atoms with Crippen LogP contribution in [0, 0.1) is 6.57 Å². The summed E-state index contributed by atoms with van der Waals surface area (Å²) >= 11 is 0. The van der Waals surface area contributed by atoms with Gasteiger partial charge in [0.25, 0.3) is 5.69 Å². The summed E-state index contributed by atoms with van der Waals surface area (Å²) < 4.78 is 4.77. The van der Waals surface area contributed by atoms with Crippen LogP contribution in [-0.4, -0.2) is 17.1 Å². The van der Waals surface area contributed by atoms with Gasteiger partial charge in [-0.25, -0.2) is 9.83 Å². The van der Waals surface area contributed by atoms with Gasteiger partial charge in [-0.2, -0.15) is 0 Å². The number of ether oxygens (including phenoxy) is 1. The molecule has 0 aliphatic heterocycles. The molecule has 0 atom stereocenters. The molecule has 1 heterocycles. The lowest BCUT2D eigenvalue weighted by atomic mass is 10.5. The Morgan fingerprint density at radius 1 is 1.70 bits per heavy atom. The summed E-state index contributed by atoms with van der Waals surface area (Å²) in [6.45, 7) is 6.65. The largest absolute Gasteiger partial charge is 0.490 e. The van der Waals surface area contributed by atoms with Crippen LogP contribution in [-0.2, 0) is 0 Å². The summed E-state index contributed by atoms with van der Waals surface area (Å²) in [5.41, 5.74) is 0.338. The lowest BCUT2D eigenvalue weighted by molar-refractivity contribution is 0.399. The van der Waals surface area contributed by atoms with Crippen molar-refractivity contribution in [2.45, 2.75) is 0 Å². The van der Waals surface area contributed by atoms with Gasteiger partial charge in [-0.1, -0.05) is 0 Å². The van der Waals surface area contributed by atoms with Gasteiger partial charge < -0.3 is 4.74 Å². The molecule has 0 aliphatic carbocycles. The van der Waals surface area contributed by atoms with Crippen molar-refractivity contribution in [3.63, 3.8) is 0 Å². The molecule has 0 radical (unpaired) electrons. The zero-order valence-electron chi connectivity index (χ0n) is 5.40. The second kappa shape index (κ2) is 2.78. The van der Waals surface area contributed by atoms with Crippen LogP contribution in [0.15, 0.2) is 12.5 Å². The summed E-state index contributed by atoms with van der Waals surface area (Å²) in [6, 6.07) is 0. The Morgan fingerprint density at radius 2 is 2.50 bits per heavy atom. The van der Waals surface area contributed by atoms with Crippen molar-refractivity contribution in [1.29, 1.82) is 0 Å². The van der Waals surface area contributed by atoms with Gasteiger partial charge in [-0.3, -0.25) is 4.98 Å². The highest BCUT2D eigenvalue weighted by molar-refractivity contribution is 5.50. The molecule has 0 amide bonds. The molecule has 10 heavy (non-hydrogen) atoms. The Bertz CT molecular complexity index is 266. The molecule has 0 aromatic carbocycles. The minimum absolute atomic E-state index is 0.324. The van der Waals surface area contributed by atoms with Gasteiger partial charge in [0, 0.05) is 6.20 Å². The summed E-state index contributed by atoms with van der Waals surface area (Å²) in [5.74, 6) is 0.324. The van der Waals surface area contributed by atoms with E-state index in [0.29, 0.717) is 11.6 Å². The molecule has 4 heteroatoms. The standard InChI is InChI=1S/C6H5N3O/c1-7-5-3-8-4-9-6(5)10-2/h3-4H,2H3. The number of hydrogen-bond acceptors (Lipinski definition) is 3. The Kier molecular flexibility index (Phi) is 1.80. The van der Waals surface area contributed by atoms with E-state index in [1.54, 1.807) is 0 Å². The predicted molar refractivity (Wildman–Crippen MR) is 34.8 cm³/mol. The Balaban J connectivity index is 3.12. The maximum Gasteiger partial charge on any atom is 0.264 e. The SMILES string of the molecule is [C-]#[N+]c1cncnc1OC. The predicted octanol–water partition coefficient (Wildman–Crippen LogP) is 1.04. The molecular formula is C6H5N3O. The third kappa shape index (κ3) is 1.03. The van der Waals surface area contributed by atoms with E-state index in [4.69, 9.17) is 11.3 Å². The first-order valence-electron chi connectivity index (χ1n) is 2.60. The van der Waals surface area contributed by atoms with E-state index >= 15 is 0 Å². The quantitative estimate of drug-likeness (QED) is 0.540. The zero-order valence-corrected chi connectivity index (χ0v) is 5.40. The highest BCUT2D eigenvalue weighted by atomic mass is 16.5. The average Bonchev–Trinajstić information content (AvgIpc) is 2.04. The highest BCUT2D eigenvalue weighted by Crippen LogP contribution is 2.21. The van der Waals surface area contributed by atoms with Gasteiger partial charge in [0.2, 0.25) is 5.88 Å². The van der Waals surface area contributed by atoms with Gasteiger partial charge in [0.15, 0.2) is 0 Å². The maximum absolute atomic E-state index is 6.65. The molecule has 0 saturated carbocycles. The number of hydrogen-bond donors (Lipinski definition) is 0. The van der Waals surface area contributed by atoms with E-state index in [9.17, 15) is 0 Å². The molecule has 1 rings (SSSR count). The molecule has 0 saturated heterocycles. The van der Waals surface area contributed by atoms with E-state index < -0.39 is 0 Å². The first-order valence-corrected chi connectivity index (χ1v) is 2.60. The zero-order chi connectivity index (χ0) is 7.40. The highest BCUT2D eigenvalue weighted by Gasteiger charge is 2.00. The van der Waals surface area contributed by atoms with Crippen LogP contribution in [0.4, 0.5) is 5.69 Å². The second-order valence-corrected chi connectivity index (χ2v) is 1.53. The van der Waals surface area contributed by atoms with Crippen LogP contribution < -0.4 is 4.74 Å². The average molecular weight is 135 g/mol. The molecular weight excluding hydrogens is 130 g/mol. The first kappa shape index (κ1) is 6.49. The monoisotopic (exact) mass is 135 g/mol. The van der Waals surface area contributed by atoms with Crippen LogP contribution >= 0.6 is 0 Å². The summed E-state index contributed by atoms with van der Waals surface area (Å²) in [7, 11) is 1.47. The lowest BCUT2D eigenvalue weighted by Gasteiger charge is -1.96. The normalized spacial score (nSPS) is 8.40. The molecule has 0 N–H and O–H groups in total. The summed E-state index contributed by atoms with van der Waals surface area (Å²) in [6.07, 6.45) is 2.76. The molecule has 4 nitrogen and oxygen atoms in total. The van der Waals surface area contributed by atoms with E-state index in [1.807, 2.05) is 0 Å². The first-order chi connectivity index (χ1) is 4.88. The van der Waals surface area contributed by atoms with Gasteiger partial charge in [0.1, 0.15) is 6.33 Å². The van der Waals surface area contributed by atoms with Crippen molar-refractivity contribution in [3.8, 4) is 5.88 Å². The van der Waals surface area contributed by atoms with E-state index in [0.717, 1.165) is 0 Å². The summed E-state index contributed by atoms with van der Waals surface area (Å²) in [4.78, 5) is 10.5. The molecule has 0 fully saturated rings. The number of nitrogens with zero attached hydrogens (tertiary/aromatic N) is 3. The molecule has 0 aliphatic rings. The van der Waals surface area contributed by atoms with Crippen molar-refractivity contribution in [2.75, 3.05) is 7.11 Å². The van der Waals surface area contributed by atoms with E-state index in [1.165, 1.54) is 19.6 Å². The minimum atomic E-state index is 0.324. The Morgan fingerprint density at radius 3 is 3.00 bits per heavy atom. The van der Waals surface area contributed by atoms with Crippen molar-refractivity contribution in [2.24, 2.45) is 0 Å². The van der Waals surface area contributed by atoms with Gasteiger partial charge >= 0.3 is 0 Å². The fourth-order valence-electron chi connectivity index (χ4n) is 0.545. The van der Waals surface area contributed by atoms with Crippen molar-refractivity contribution in [1.82, 2.24) is 9.97 Å². The van der Waals surface area contributed by atoms with Crippen molar-refractivity contribution in [3.05, 3.63) is 23.9 Å². The topological polar surface area (TPSA) is 39.4 Å². The molecule has 0 unspecified atom stereocenters.